The van der Waals surface area contributed by atoms with Crippen molar-refractivity contribution < 1.29 is 4.79 Å². The first kappa shape index (κ1) is 17.2. The van der Waals surface area contributed by atoms with E-state index in [-0.39, 0.29) is 18.3 Å². The molecule has 0 radical (unpaired) electrons. The van der Waals surface area contributed by atoms with Crippen LogP contribution in [-0.2, 0) is 0 Å². The van der Waals surface area contributed by atoms with Crippen LogP contribution in [0.4, 0.5) is 0 Å². The maximum atomic E-state index is 11.9. The highest BCUT2D eigenvalue weighted by Crippen LogP contribution is 2.16. The fourth-order valence-corrected chi connectivity index (χ4v) is 2.28. The summed E-state index contributed by atoms with van der Waals surface area (Å²) in [7, 11) is 0. The van der Waals surface area contributed by atoms with E-state index in [1.165, 1.54) is 0 Å². The molecule has 0 aromatic heterocycles. The van der Waals surface area contributed by atoms with E-state index in [2.05, 4.69) is 15.5 Å². The van der Waals surface area contributed by atoms with Gasteiger partial charge in [0.2, 0.25) is 0 Å². The average molecular weight is 318 g/mol. The molecule has 20 heavy (non-hydrogen) atoms. The van der Waals surface area contributed by atoms with Crippen LogP contribution in [0.15, 0.2) is 18.2 Å². The van der Waals surface area contributed by atoms with Crippen molar-refractivity contribution >= 4 is 29.9 Å². The Morgan fingerprint density at radius 2 is 2.10 bits per heavy atom. The molecule has 1 saturated heterocycles. The normalized spacial score (nSPS) is 15.5. The van der Waals surface area contributed by atoms with Gasteiger partial charge in [0.15, 0.2) is 0 Å². The summed E-state index contributed by atoms with van der Waals surface area (Å²) in [6.07, 6.45) is 0. The second-order valence-corrected chi connectivity index (χ2v) is 5.22. The Bertz CT molecular complexity index is 448. The smallest absolute Gasteiger partial charge is 0.251 e. The van der Waals surface area contributed by atoms with Gasteiger partial charge in [-0.05, 0) is 24.6 Å². The lowest BCUT2D eigenvalue weighted by Gasteiger charge is -2.27. The third-order valence-electron chi connectivity index (χ3n) is 3.36. The van der Waals surface area contributed by atoms with Crippen molar-refractivity contribution in [2.45, 2.75) is 6.92 Å². The van der Waals surface area contributed by atoms with Crippen LogP contribution in [-0.4, -0.2) is 50.1 Å². The molecular weight excluding hydrogens is 297 g/mol. The van der Waals surface area contributed by atoms with Crippen molar-refractivity contribution in [2.75, 3.05) is 39.3 Å². The molecule has 1 aliphatic rings. The van der Waals surface area contributed by atoms with Gasteiger partial charge >= 0.3 is 0 Å². The van der Waals surface area contributed by atoms with Crippen molar-refractivity contribution in [1.29, 1.82) is 0 Å². The van der Waals surface area contributed by atoms with Gasteiger partial charge in [0.05, 0.1) is 0 Å². The number of nitrogens with zero attached hydrogens (tertiary/aromatic N) is 1. The molecule has 0 unspecified atom stereocenters. The molecule has 2 rings (SSSR count). The maximum Gasteiger partial charge on any atom is 0.251 e. The first-order valence-corrected chi connectivity index (χ1v) is 7.02. The minimum Gasteiger partial charge on any atom is -0.351 e. The first-order chi connectivity index (χ1) is 9.16. The molecule has 1 aliphatic heterocycles. The highest BCUT2D eigenvalue weighted by molar-refractivity contribution is 6.31. The average Bonchev–Trinajstić information content (AvgIpc) is 2.43. The number of hydrogen-bond donors (Lipinski definition) is 2. The van der Waals surface area contributed by atoms with Gasteiger partial charge in [-0.2, -0.15) is 0 Å². The fraction of sp³-hybridized carbons (Fsp3) is 0.500. The number of amides is 1. The second kappa shape index (κ2) is 8.47. The molecule has 0 bridgehead atoms. The summed E-state index contributed by atoms with van der Waals surface area (Å²) >= 11 is 6.02. The van der Waals surface area contributed by atoms with Gasteiger partial charge in [-0.25, -0.2) is 0 Å². The molecular formula is C14H21Cl2N3O. The quantitative estimate of drug-likeness (QED) is 0.888. The van der Waals surface area contributed by atoms with E-state index >= 15 is 0 Å². The zero-order valence-electron chi connectivity index (χ0n) is 11.6. The van der Waals surface area contributed by atoms with E-state index in [1.807, 2.05) is 13.0 Å². The van der Waals surface area contributed by atoms with E-state index in [9.17, 15) is 4.79 Å². The molecule has 1 aromatic rings. The van der Waals surface area contributed by atoms with Crippen molar-refractivity contribution in [3.8, 4) is 0 Å². The second-order valence-electron chi connectivity index (χ2n) is 4.81. The SMILES string of the molecule is Cc1ccc(C(=O)NCCN2CCNCC2)cc1Cl.Cl. The van der Waals surface area contributed by atoms with E-state index in [4.69, 9.17) is 11.6 Å². The number of nitrogens with one attached hydrogen (secondary N) is 2. The van der Waals surface area contributed by atoms with E-state index in [0.29, 0.717) is 17.1 Å². The van der Waals surface area contributed by atoms with Crippen LogP contribution >= 0.6 is 24.0 Å². The molecule has 1 heterocycles. The minimum absolute atomic E-state index is 0. The number of carbonyl (C=O) groups excluding carboxylic acids is 1. The summed E-state index contributed by atoms with van der Waals surface area (Å²) in [5.74, 6) is -0.0583. The zero-order valence-corrected chi connectivity index (χ0v) is 13.2. The molecule has 2 N–H and O–H groups in total. The number of carbonyl (C=O) groups is 1. The highest BCUT2D eigenvalue weighted by Gasteiger charge is 2.10. The van der Waals surface area contributed by atoms with Crippen molar-refractivity contribution in [3.63, 3.8) is 0 Å². The lowest BCUT2D eigenvalue weighted by atomic mass is 10.1. The molecule has 0 atom stereocenters. The van der Waals surface area contributed by atoms with Gasteiger partial charge in [0, 0.05) is 49.9 Å². The van der Waals surface area contributed by atoms with Crippen LogP contribution in [0.2, 0.25) is 5.02 Å². The van der Waals surface area contributed by atoms with Crippen molar-refractivity contribution in [3.05, 3.63) is 34.3 Å². The minimum atomic E-state index is -0.0583. The van der Waals surface area contributed by atoms with Crippen molar-refractivity contribution in [1.82, 2.24) is 15.5 Å². The van der Waals surface area contributed by atoms with Gasteiger partial charge in [-0.3, -0.25) is 9.69 Å². The Hall–Kier alpha value is -0.810. The van der Waals surface area contributed by atoms with Gasteiger partial charge in [-0.1, -0.05) is 17.7 Å². The Morgan fingerprint density at radius 1 is 1.40 bits per heavy atom. The predicted octanol–water partition coefficient (Wildman–Crippen LogP) is 1.71. The number of aryl methyl sites for hydroxylation is 1. The molecule has 0 saturated carbocycles. The molecule has 0 aliphatic carbocycles. The molecule has 1 amide bonds. The third kappa shape index (κ3) is 4.94. The number of rotatable bonds is 4. The topological polar surface area (TPSA) is 44.4 Å². The Kier molecular flexibility index (Phi) is 7.30. The third-order valence-corrected chi connectivity index (χ3v) is 3.76. The predicted molar refractivity (Wildman–Crippen MR) is 85.1 cm³/mol. The number of benzene rings is 1. The summed E-state index contributed by atoms with van der Waals surface area (Å²) in [4.78, 5) is 14.3. The summed E-state index contributed by atoms with van der Waals surface area (Å²) < 4.78 is 0. The van der Waals surface area contributed by atoms with Gasteiger partial charge in [0.1, 0.15) is 0 Å². The summed E-state index contributed by atoms with van der Waals surface area (Å²) in [5.41, 5.74) is 1.61. The van der Waals surface area contributed by atoms with Crippen LogP contribution in [0.5, 0.6) is 0 Å². The van der Waals surface area contributed by atoms with Crippen LogP contribution in [0.3, 0.4) is 0 Å². The molecule has 0 spiro atoms. The summed E-state index contributed by atoms with van der Waals surface area (Å²) in [5, 5.41) is 6.87. The largest absolute Gasteiger partial charge is 0.351 e. The number of piperazine rings is 1. The van der Waals surface area contributed by atoms with E-state index in [1.54, 1.807) is 12.1 Å². The van der Waals surface area contributed by atoms with Crippen LogP contribution < -0.4 is 10.6 Å². The maximum absolute atomic E-state index is 11.9. The van der Waals surface area contributed by atoms with E-state index < -0.39 is 0 Å². The summed E-state index contributed by atoms with van der Waals surface area (Å²) in [6.45, 7) is 7.65. The molecule has 6 heteroatoms. The number of halogens is 2. The molecule has 112 valence electrons. The fourth-order valence-electron chi connectivity index (χ4n) is 2.10. The van der Waals surface area contributed by atoms with Crippen molar-refractivity contribution in [2.24, 2.45) is 0 Å². The summed E-state index contributed by atoms with van der Waals surface area (Å²) in [6, 6.07) is 5.39. The molecule has 1 fully saturated rings. The van der Waals surface area contributed by atoms with Gasteiger partial charge in [-0.15, -0.1) is 12.4 Å². The van der Waals surface area contributed by atoms with Gasteiger partial charge < -0.3 is 10.6 Å². The van der Waals surface area contributed by atoms with Gasteiger partial charge in [0.25, 0.3) is 5.91 Å². The lowest BCUT2D eigenvalue weighted by molar-refractivity contribution is 0.0947. The zero-order chi connectivity index (χ0) is 13.7. The monoisotopic (exact) mass is 317 g/mol. The van der Waals surface area contributed by atoms with Crippen LogP contribution in [0.25, 0.3) is 0 Å². The Morgan fingerprint density at radius 3 is 2.75 bits per heavy atom. The standard InChI is InChI=1S/C14H20ClN3O.ClH/c1-11-2-3-12(10-13(11)15)14(19)17-6-9-18-7-4-16-5-8-18;/h2-3,10,16H,4-9H2,1H3,(H,17,19);1H. The number of hydrogen-bond acceptors (Lipinski definition) is 3. The van der Waals surface area contributed by atoms with Crippen LogP contribution in [0.1, 0.15) is 15.9 Å². The molecule has 1 aromatic carbocycles. The molecule has 4 nitrogen and oxygen atoms in total. The van der Waals surface area contributed by atoms with Crippen LogP contribution in [0, 0.1) is 6.92 Å². The Balaban J connectivity index is 0.00000200. The first-order valence-electron chi connectivity index (χ1n) is 6.64. The lowest BCUT2D eigenvalue weighted by Crippen LogP contribution is -2.46. The van der Waals surface area contributed by atoms with E-state index in [0.717, 1.165) is 38.3 Å². The Labute approximate surface area is 131 Å². The highest BCUT2D eigenvalue weighted by atomic mass is 35.5.